The largest absolute Gasteiger partial charge is 0.268 e. The van der Waals surface area contributed by atoms with Crippen LogP contribution in [0.2, 0.25) is 5.02 Å². The minimum absolute atomic E-state index is 0.701. The molecule has 0 saturated heterocycles. The standard InChI is InChI=1S/C10H15ClN2/c1-2-3-6-13-10(8-4-5-8)9(11)7-12-13/h7-8H,2-6H2,1H3. The fourth-order valence-corrected chi connectivity index (χ4v) is 1.92. The summed E-state index contributed by atoms with van der Waals surface area (Å²) in [4.78, 5) is 0. The first-order chi connectivity index (χ1) is 6.33. The van der Waals surface area contributed by atoms with Crippen molar-refractivity contribution in [3.8, 4) is 0 Å². The maximum Gasteiger partial charge on any atom is 0.0820 e. The molecule has 13 heavy (non-hydrogen) atoms. The van der Waals surface area contributed by atoms with Crippen molar-refractivity contribution in [2.24, 2.45) is 0 Å². The zero-order valence-corrected chi connectivity index (χ0v) is 8.72. The van der Waals surface area contributed by atoms with Crippen molar-refractivity contribution in [2.75, 3.05) is 0 Å². The van der Waals surface area contributed by atoms with Gasteiger partial charge in [-0.1, -0.05) is 24.9 Å². The fraction of sp³-hybridized carbons (Fsp3) is 0.700. The van der Waals surface area contributed by atoms with Crippen molar-refractivity contribution in [3.05, 3.63) is 16.9 Å². The highest BCUT2D eigenvalue weighted by atomic mass is 35.5. The maximum atomic E-state index is 6.08. The lowest BCUT2D eigenvalue weighted by Gasteiger charge is -2.05. The van der Waals surface area contributed by atoms with Gasteiger partial charge >= 0.3 is 0 Å². The first-order valence-corrected chi connectivity index (χ1v) is 5.42. The van der Waals surface area contributed by atoms with Gasteiger partial charge < -0.3 is 0 Å². The van der Waals surface area contributed by atoms with Gasteiger partial charge in [0.1, 0.15) is 0 Å². The van der Waals surface area contributed by atoms with Gasteiger partial charge in [0.15, 0.2) is 0 Å². The number of aryl methyl sites for hydroxylation is 1. The van der Waals surface area contributed by atoms with Crippen molar-refractivity contribution in [1.82, 2.24) is 9.78 Å². The van der Waals surface area contributed by atoms with Gasteiger partial charge in [0.2, 0.25) is 0 Å². The lowest BCUT2D eigenvalue weighted by atomic mass is 10.3. The van der Waals surface area contributed by atoms with Crippen LogP contribution < -0.4 is 0 Å². The second kappa shape index (κ2) is 3.70. The van der Waals surface area contributed by atoms with E-state index < -0.39 is 0 Å². The van der Waals surface area contributed by atoms with E-state index in [0.29, 0.717) is 5.92 Å². The van der Waals surface area contributed by atoms with Crippen LogP contribution in [-0.4, -0.2) is 9.78 Å². The summed E-state index contributed by atoms with van der Waals surface area (Å²) in [5.41, 5.74) is 1.27. The van der Waals surface area contributed by atoms with Gasteiger partial charge in [-0.25, -0.2) is 0 Å². The number of halogens is 1. The molecule has 1 saturated carbocycles. The molecule has 72 valence electrons. The second-order valence-electron chi connectivity index (χ2n) is 3.73. The Morgan fingerprint density at radius 1 is 1.62 bits per heavy atom. The van der Waals surface area contributed by atoms with Gasteiger partial charge in [0.25, 0.3) is 0 Å². The van der Waals surface area contributed by atoms with E-state index in [1.54, 1.807) is 6.20 Å². The van der Waals surface area contributed by atoms with E-state index in [9.17, 15) is 0 Å². The van der Waals surface area contributed by atoms with Crippen molar-refractivity contribution in [2.45, 2.75) is 45.1 Å². The molecule has 2 nitrogen and oxygen atoms in total. The SMILES string of the molecule is CCCCn1ncc(Cl)c1C1CC1. The van der Waals surface area contributed by atoms with Crippen LogP contribution in [0.15, 0.2) is 6.20 Å². The average molecular weight is 199 g/mol. The summed E-state index contributed by atoms with van der Waals surface area (Å²) in [6.07, 6.45) is 6.76. The molecule has 0 spiro atoms. The van der Waals surface area contributed by atoms with E-state index in [2.05, 4.69) is 16.7 Å². The number of unbranched alkanes of at least 4 members (excludes halogenated alkanes) is 1. The Morgan fingerprint density at radius 3 is 3.00 bits per heavy atom. The quantitative estimate of drug-likeness (QED) is 0.727. The molecule has 0 bridgehead atoms. The lowest BCUT2D eigenvalue weighted by molar-refractivity contribution is 0.549. The topological polar surface area (TPSA) is 17.8 Å². The zero-order valence-electron chi connectivity index (χ0n) is 7.96. The van der Waals surface area contributed by atoms with Crippen LogP contribution in [0.1, 0.15) is 44.2 Å². The fourth-order valence-electron chi connectivity index (χ4n) is 1.62. The summed E-state index contributed by atoms with van der Waals surface area (Å²) < 4.78 is 2.09. The molecule has 0 amide bonds. The second-order valence-corrected chi connectivity index (χ2v) is 4.14. The normalized spacial score (nSPS) is 16.5. The summed E-state index contributed by atoms with van der Waals surface area (Å²) >= 11 is 6.08. The van der Waals surface area contributed by atoms with Gasteiger partial charge in [0, 0.05) is 12.5 Å². The Kier molecular flexibility index (Phi) is 2.58. The molecule has 0 aromatic carbocycles. The molecule has 0 atom stereocenters. The monoisotopic (exact) mass is 198 g/mol. The zero-order chi connectivity index (χ0) is 9.26. The van der Waals surface area contributed by atoms with Gasteiger partial charge in [-0.05, 0) is 19.3 Å². The lowest BCUT2D eigenvalue weighted by Crippen LogP contribution is -2.03. The Hall–Kier alpha value is -0.500. The van der Waals surface area contributed by atoms with Crippen LogP contribution in [0, 0.1) is 0 Å². The van der Waals surface area contributed by atoms with Crippen LogP contribution in [0.4, 0.5) is 0 Å². The van der Waals surface area contributed by atoms with E-state index in [1.807, 2.05) is 0 Å². The number of nitrogens with zero attached hydrogens (tertiary/aromatic N) is 2. The van der Waals surface area contributed by atoms with Crippen molar-refractivity contribution in [3.63, 3.8) is 0 Å². The third-order valence-corrected chi connectivity index (χ3v) is 2.81. The molecule has 1 fully saturated rings. The number of rotatable bonds is 4. The van der Waals surface area contributed by atoms with Crippen LogP contribution in [0.5, 0.6) is 0 Å². The summed E-state index contributed by atoms with van der Waals surface area (Å²) in [5, 5.41) is 5.16. The molecular formula is C10H15ClN2. The minimum Gasteiger partial charge on any atom is -0.268 e. The highest BCUT2D eigenvalue weighted by Crippen LogP contribution is 2.43. The molecule has 1 aliphatic rings. The molecule has 0 radical (unpaired) electrons. The molecule has 2 rings (SSSR count). The van der Waals surface area contributed by atoms with Gasteiger partial charge in [-0.2, -0.15) is 5.10 Å². The third-order valence-electron chi connectivity index (χ3n) is 2.52. The first-order valence-electron chi connectivity index (χ1n) is 5.04. The molecule has 1 heterocycles. The van der Waals surface area contributed by atoms with Crippen LogP contribution in [0.3, 0.4) is 0 Å². The third kappa shape index (κ3) is 1.88. The Balaban J connectivity index is 2.13. The van der Waals surface area contributed by atoms with Crippen LogP contribution >= 0.6 is 11.6 Å². The van der Waals surface area contributed by atoms with E-state index in [0.717, 1.165) is 11.6 Å². The number of hydrogen-bond donors (Lipinski definition) is 0. The first kappa shape index (κ1) is 9.07. The van der Waals surface area contributed by atoms with Crippen molar-refractivity contribution < 1.29 is 0 Å². The molecule has 0 aliphatic heterocycles. The van der Waals surface area contributed by atoms with Gasteiger partial charge in [-0.15, -0.1) is 0 Å². The van der Waals surface area contributed by atoms with E-state index >= 15 is 0 Å². The molecule has 1 aromatic heterocycles. The molecular weight excluding hydrogens is 184 g/mol. The van der Waals surface area contributed by atoms with Gasteiger partial charge in [-0.3, -0.25) is 4.68 Å². The average Bonchev–Trinajstić information content (AvgIpc) is 2.88. The predicted molar refractivity (Wildman–Crippen MR) is 54.1 cm³/mol. The van der Waals surface area contributed by atoms with Crippen LogP contribution in [0.25, 0.3) is 0 Å². The highest BCUT2D eigenvalue weighted by Gasteiger charge is 2.29. The van der Waals surface area contributed by atoms with E-state index in [-0.39, 0.29) is 0 Å². The van der Waals surface area contributed by atoms with Crippen molar-refractivity contribution >= 4 is 11.6 Å². The van der Waals surface area contributed by atoms with E-state index in [1.165, 1.54) is 31.4 Å². The Morgan fingerprint density at radius 2 is 2.38 bits per heavy atom. The number of aromatic nitrogens is 2. The highest BCUT2D eigenvalue weighted by molar-refractivity contribution is 6.31. The van der Waals surface area contributed by atoms with Crippen LogP contribution in [-0.2, 0) is 6.54 Å². The predicted octanol–water partition coefficient (Wildman–Crippen LogP) is 3.21. The Labute approximate surface area is 83.9 Å². The Bertz CT molecular complexity index is 289. The summed E-state index contributed by atoms with van der Waals surface area (Å²) in [6.45, 7) is 3.22. The summed E-state index contributed by atoms with van der Waals surface area (Å²) in [7, 11) is 0. The molecule has 1 aliphatic carbocycles. The van der Waals surface area contributed by atoms with Crippen molar-refractivity contribution in [1.29, 1.82) is 0 Å². The minimum atomic E-state index is 0.701. The number of hydrogen-bond acceptors (Lipinski definition) is 1. The summed E-state index contributed by atoms with van der Waals surface area (Å²) in [5.74, 6) is 0.701. The van der Waals surface area contributed by atoms with E-state index in [4.69, 9.17) is 11.6 Å². The maximum absolute atomic E-state index is 6.08. The summed E-state index contributed by atoms with van der Waals surface area (Å²) in [6, 6.07) is 0. The van der Waals surface area contributed by atoms with Gasteiger partial charge in [0.05, 0.1) is 16.9 Å². The molecule has 1 aromatic rings. The molecule has 0 unspecified atom stereocenters. The molecule has 0 N–H and O–H groups in total. The molecule has 3 heteroatoms. The smallest absolute Gasteiger partial charge is 0.0820 e.